The number of benzene rings is 4. The molecule has 0 spiro atoms. The highest BCUT2D eigenvalue weighted by atomic mass is 35.5. The van der Waals surface area contributed by atoms with E-state index < -0.39 is 24.0 Å². The fourth-order valence-electron chi connectivity index (χ4n) is 7.50. The fourth-order valence-corrected chi connectivity index (χ4v) is 7.68. The number of nitrogens with zero attached hydrogens (tertiary/aromatic N) is 1. The number of aliphatic hydroxyl groups is 1. The Morgan fingerprint density at radius 3 is 2.47 bits per heavy atom. The van der Waals surface area contributed by atoms with Crippen LogP contribution in [0.15, 0.2) is 90.7 Å². The molecule has 0 fully saturated rings. The molecule has 274 valence electrons. The predicted molar refractivity (Wildman–Crippen MR) is 201 cm³/mol. The Balaban J connectivity index is 1.15. The van der Waals surface area contributed by atoms with E-state index >= 15 is 0 Å². The molecule has 1 aliphatic carbocycles. The zero-order chi connectivity index (χ0) is 37.1. The maximum Gasteiger partial charge on any atom is 0.290 e. The van der Waals surface area contributed by atoms with Gasteiger partial charge in [0.1, 0.15) is 0 Å². The number of allylic oxidation sites excluding steroid dienone is 1. The first-order chi connectivity index (χ1) is 25.8. The van der Waals surface area contributed by atoms with Crippen molar-refractivity contribution in [3.63, 3.8) is 0 Å². The highest BCUT2D eigenvalue weighted by molar-refractivity contribution is 6.37. The average molecular weight is 737 g/mol. The largest absolute Gasteiger partial charge is 0.459 e. The molecule has 0 radical (unpaired) electrons. The van der Waals surface area contributed by atoms with Crippen LogP contribution >= 0.6 is 11.6 Å². The van der Waals surface area contributed by atoms with Crippen molar-refractivity contribution in [2.75, 3.05) is 49.9 Å². The number of amides is 3. The number of halogens is 1. The summed E-state index contributed by atoms with van der Waals surface area (Å²) in [6.07, 6.45) is 2.55. The van der Waals surface area contributed by atoms with E-state index in [-0.39, 0.29) is 36.4 Å². The van der Waals surface area contributed by atoms with Gasteiger partial charge in [0.05, 0.1) is 43.2 Å². The minimum absolute atomic E-state index is 0.0402. The van der Waals surface area contributed by atoms with E-state index in [9.17, 15) is 14.4 Å². The van der Waals surface area contributed by atoms with Gasteiger partial charge >= 0.3 is 0 Å². The quantitative estimate of drug-likeness (QED) is 0.0919. The molecule has 7 rings (SSSR count). The van der Waals surface area contributed by atoms with Crippen LogP contribution in [0.3, 0.4) is 0 Å². The summed E-state index contributed by atoms with van der Waals surface area (Å²) >= 11 is 6.10. The maximum absolute atomic E-state index is 14.0. The standard InChI is InChI=1S/C42H41ClN2O8/c1-3-52-42-33(15-17-50-19-20-51-18-16-46)35(31-10-6-9-30-29-8-5-4-7-26(29)22-34(30)31)24-38(53-42)39(47)44-28-12-14-37(25(2)21-28)45-40(48)32-13-11-27(43)23-36(32)41(45)49/h4-14,21,23-24,33,35,42,46H,3,15-20,22H2,1-2H3,(H,44,47)/t33-,35-,42-/m0/s1. The van der Waals surface area contributed by atoms with Crippen molar-refractivity contribution in [1.82, 2.24) is 0 Å². The molecular formula is C42H41ClN2O8. The van der Waals surface area contributed by atoms with Crippen LogP contribution in [0, 0.1) is 12.8 Å². The molecule has 0 aromatic heterocycles. The Hall–Kier alpha value is -4.84. The van der Waals surface area contributed by atoms with Gasteiger partial charge in [-0.1, -0.05) is 54.1 Å². The second kappa shape index (κ2) is 16.0. The van der Waals surface area contributed by atoms with Gasteiger partial charge in [0, 0.05) is 35.8 Å². The number of rotatable bonds is 14. The van der Waals surface area contributed by atoms with Crippen LogP contribution in [0.5, 0.6) is 0 Å². The summed E-state index contributed by atoms with van der Waals surface area (Å²) < 4.78 is 23.8. The van der Waals surface area contributed by atoms with Gasteiger partial charge in [-0.3, -0.25) is 14.4 Å². The van der Waals surface area contributed by atoms with Gasteiger partial charge in [0.15, 0.2) is 5.76 Å². The number of aryl methyl sites for hydroxylation is 1. The summed E-state index contributed by atoms with van der Waals surface area (Å²) in [5.41, 5.74) is 8.04. The Labute approximate surface area is 313 Å². The lowest BCUT2D eigenvalue weighted by molar-refractivity contribution is -0.166. The van der Waals surface area contributed by atoms with E-state index in [2.05, 4.69) is 47.8 Å². The molecule has 4 aromatic rings. The fraction of sp³-hybridized carbons (Fsp3) is 0.310. The number of carbonyl (C=O) groups excluding carboxylic acids is 3. The zero-order valence-electron chi connectivity index (χ0n) is 29.6. The third-order valence-corrected chi connectivity index (χ3v) is 10.2. The van der Waals surface area contributed by atoms with Crippen molar-refractivity contribution in [1.29, 1.82) is 0 Å². The molecule has 0 bridgehead atoms. The summed E-state index contributed by atoms with van der Waals surface area (Å²) in [5.74, 6) is -1.60. The second-order valence-corrected chi connectivity index (χ2v) is 13.6. The number of hydrogen-bond donors (Lipinski definition) is 2. The SMILES string of the molecule is CCO[C@H]1OC(C(=O)Nc2ccc(N3C(=O)c4ccc(Cl)cc4C3=O)c(C)c2)=C[C@@H](c2cccc3c2Cc2ccccc2-3)[C@@H]1CCOCCOCCO. The van der Waals surface area contributed by atoms with Gasteiger partial charge in [0.2, 0.25) is 6.29 Å². The van der Waals surface area contributed by atoms with Crippen LogP contribution in [0.1, 0.15) is 62.2 Å². The number of fused-ring (bicyclic) bond motifs is 4. The zero-order valence-corrected chi connectivity index (χ0v) is 30.4. The van der Waals surface area contributed by atoms with Crippen LogP contribution in [-0.4, -0.2) is 68.8 Å². The number of hydrogen-bond acceptors (Lipinski definition) is 8. The Bertz CT molecular complexity index is 2080. The Morgan fingerprint density at radius 2 is 1.68 bits per heavy atom. The first-order valence-corrected chi connectivity index (χ1v) is 18.2. The van der Waals surface area contributed by atoms with Crippen LogP contribution in [0.25, 0.3) is 11.1 Å². The smallest absolute Gasteiger partial charge is 0.290 e. The van der Waals surface area contributed by atoms with Crippen LogP contribution in [-0.2, 0) is 30.2 Å². The molecule has 0 saturated carbocycles. The van der Waals surface area contributed by atoms with Gasteiger partial charge in [-0.2, -0.15) is 0 Å². The number of ether oxygens (including phenoxy) is 4. The maximum atomic E-state index is 14.0. The summed E-state index contributed by atoms with van der Waals surface area (Å²) in [4.78, 5) is 41.6. The van der Waals surface area contributed by atoms with Crippen molar-refractivity contribution < 1.29 is 38.4 Å². The first kappa shape index (κ1) is 36.5. The van der Waals surface area contributed by atoms with Gasteiger partial charge < -0.3 is 29.4 Å². The van der Waals surface area contributed by atoms with Crippen molar-refractivity contribution in [2.24, 2.45) is 5.92 Å². The molecule has 2 N–H and O–H groups in total. The molecule has 0 unspecified atom stereocenters. The van der Waals surface area contributed by atoms with E-state index in [0.29, 0.717) is 60.4 Å². The van der Waals surface area contributed by atoms with Crippen LogP contribution in [0.2, 0.25) is 5.02 Å². The highest BCUT2D eigenvalue weighted by Crippen LogP contribution is 2.46. The van der Waals surface area contributed by atoms with Crippen LogP contribution in [0.4, 0.5) is 11.4 Å². The van der Waals surface area contributed by atoms with Gasteiger partial charge in [-0.05, 0) is 103 Å². The number of imide groups is 1. The normalized spacial score (nSPS) is 18.7. The lowest BCUT2D eigenvalue weighted by Gasteiger charge is -2.37. The monoisotopic (exact) mass is 736 g/mol. The lowest BCUT2D eigenvalue weighted by Crippen LogP contribution is -2.38. The lowest BCUT2D eigenvalue weighted by atomic mass is 9.78. The predicted octanol–water partition coefficient (Wildman–Crippen LogP) is 7.05. The summed E-state index contributed by atoms with van der Waals surface area (Å²) in [6, 6.07) is 24.4. The van der Waals surface area contributed by atoms with Gasteiger partial charge in [-0.15, -0.1) is 0 Å². The molecule has 11 heteroatoms. The Kier molecular flexibility index (Phi) is 11.0. The van der Waals surface area contributed by atoms with E-state index in [0.717, 1.165) is 16.9 Å². The van der Waals surface area contributed by atoms with E-state index in [1.807, 2.05) is 13.0 Å². The van der Waals surface area contributed by atoms with E-state index in [1.54, 1.807) is 37.3 Å². The third-order valence-electron chi connectivity index (χ3n) is 9.93. The topological polar surface area (TPSA) is 124 Å². The molecule has 0 saturated heterocycles. The van der Waals surface area contributed by atoms with Crippen molar-refractivity contribution in [3.05, 3.63) is 129 Å². The van der Waals surface area contributed by atoms with Crippen molar-refractivity contribution in [3.8, 4) is 11.1 Å². The second-order valence-electron chi connectivity index (χ2n) is 13.2. The van der Waals surface area contributed by atoms with Gasteiger partial charge in [0.25, 0.3) is 17.7 Å². The van der Waals surface area contributed by atoms with E-state index in [4.69, 9.17) is 35.7 Å². The number of carbonyl (C=O) groups is 3. The molecule has 53 heavy (non-hydrogen) atoms. The van der Waals surface area contributed by atoms with Crippen LogP contribution < -0.4 is 10.2 Å². The van der Waals surface area contributed by atoms with Crippen molar-refractivity contribution >= 4 is 40.7 Å². The third kappa shape index (κ3) is 7.38. The molecule has 3 amide bonds. The minimum Gasteiger partial charge on any atom is -0.459 e. The average Bonchev–Trinajstić information content (AvgIpc) is 3.65. The highest BCUT2D eigenvalue weighted by Gasteiger charge is 2.40. The van der Waals surface area contributed by atoms with Crippen molar-refractivity contribution in [2.45, 2.75) is 38.9 Å². The minimum atomic E-state index is -0.726. The summed E-state index contributed by atoms with van der Waals surface area (Å²) in [5, 5.41) is 12.3. The molecule has 10 nitrogen and oxygen atoms in total. The summed E-state index contributed by atoms with van der Waals surface area (Å²) in [7, 11) is 0. The van der Waals surface area contributed by atoms with E-state index in [1.165, 1.54) is 28.3 Å². The summed E-state index contributed by atoms with van der Waals surface area (Å²) in [6.45, 7) is 5.46. The molecule has 3 aliphatic rings. The number of anilines is 2. The molecule has 2 heterocycles. The molecule has 4 aromatic carbocycles. The first-order valence-electron chi connectivity index (χ1n) is 17.9. The Morgan fingerprint density at radius 1 is 0.906 bits per heavy atom. The van der Waals surface area contributed by atoms with Gasteiger partial charge in [-0.25, -0.2) is 4.90 Å². The molecule has 3 atom stereocenters. The molecular weight excluding hydrogens is 696 g/mol. The number of nitrogens with one attached hydrogen (secondary N) is 1. The number of aliphatic hydroxyl groups excluding tert-OH is 1. The molecule has 2 aliphatic heterocycles.